The van der Waals surface area contributed by atoms with Crippen molar-refractivity contribution >= 4 is 46.1 Å². The van der Waals surface area contributed by atoms with Gasteiger partial charge in [-0.2, -0.15) is 0 Å². The van der Waals surface area contributed by atoms with Crippen LogP contribution < -0.4 is 20.9 Å². The first-order valence-electron chi connectivity index (χ1n) is 16.6. The number of anilines is 4. The van der Waals surface area contributed by atoms with Crippen LogP contribution in [-0.2, 0) is 11.3 Å². The third kappa shape index (κ3) is 6.98. The fraction of sp³-hybridized carbons (Fsp3) is 0.455. The van der Waals surface area contributed by atoms with E-state index in [1.54, 1.807) is 28.9 Å². The summed E-state index contributed by atoms with van der Waals surface area (Å²) in [7, 11) is 0. The van der Waals surface area contributed by atoms with E-state index in [0.29, 0.717) is 59.9 Å². The second kappa shape index (κ2) is 13.9. The maximum Gasteiger partial charge on any atom is 0.323 e. The molecule has 0 aliphatic carbocycles. The molecule has 7 rings (SSSR count). The predicted molar refractivity (Wildman–Crippen MR) is 181 cm³/mol. The number of morpholine rings is 1. The van der Waals surface area contributed by atoms with Crippen LogP contribution in [0.3, 0.4) is 0 Å². The summed E-state index contributed by atoms with van der Waals surface area (Å²) in [6, 6.07) is 14.7. The molecule has 14 nitrogen and oxygen atoms in total. The molecule has 47 heavy (non-hydrogen) atoms. The first-order valence-corrected chi connectivity index (χ1v) is 16.6. The van der Waals surface area contributed by atoms with Gasteiger partial charge in [0.1, 0.15) is 0 Å². The number of hydrogen-bond acceptors (Lipinski definition) is 9. The number of urea groups is 2. The lowest BCUT2D eigenvalue weighted by Gasteiger charge is -2.36. The van der Waals surface area contributed by atoms with E-state index in [-0.39, 0.29) is 12.1 Å². The maximum absolute atomic E-state index is 12.8. The van der Waals surface area contributed by atoms with Crippen LogP contribution in [0.5, 0.6) is 0 Å². The summed E-state index contributed by atoms with van der Waals surface area (Å²) in [5.74, 6) is 1.31. The average molecular weight is 640 g/mol. The molecule has 3 aliphatic heterocycles. The van der Waals surface area contributed by atoms with E-state index in [1.165, 1.54) is 25.9 Å². The molecule has 2 aromatic heterocycles. The lowest BCUT2D eigenvalue weighted by molar-refractivity contribution is 0.122. The summed E-state index contributed by atoms with van der Waals surface area (Å²) in [6.45, 7) is 9.27. The number of piperidine rings is 1. The number of likely N-dealkylation sites (tertiary alicyclic amines) is 2. The zero-order chi connectivity index (χ0) is 32.2. The molecule has 0 radical (unpaired) electrons. The van der Waals surface area contributed by atoms with Crippen molar-refractivity contribution in [1.82, 2.24) is 34.8 Å². The van der Waals surface area contributed by atoms with Crippen LogP contribution in [0.25, 0.3) is 22.6 Å². The van der Waals surface area contributed by atoms with Crippen molar-refractivity contribution in [2.45, 2.75) is 45.2 Å². The standard InChI is InChI=1S/C33H41N11O3/c1-2-44-31-28(39-40-44)30(42-19-21-47-22-20-42)37-29(38-31)23-5-7-24(8-6-23)34-32(45)35-25-9-11-26(12-10-25)36-33(46)43-17-13-27(14-18-43)41-15-3-4-16-41/h5-12,27H,2-4,13-22H2,1H3,(H,36,46)(H2,34,35,45). The largest absolute Gasteiger partial charge is 0.378 e. The summed E-state index contributed by atoms with van der Waals surface area (Å²) >= 11 is 0. The lowest BCUT2D eigenvalue weighted by atomic mass is 10.0. The second-order valence-corrected chi connectivity index (χ2v) is 12.2. The van der Waals surface area contributed by atoms with E-state index in [0.717, 1.165) is 50.4 Å². The van der Waals surface area contributed by atoms with Gasteiger partial charge in [-0.3, -0.25) is 0 Å². The Labute approximate surface area is 273 Å². The van der Waals surface area contributed by atoms with E-state index < -0.39 is 0 Å². The van der Waals surface area contributed by atoms with E-state index >= 15 is 0 Å². The number of nitrogens with one attached hydrogen (secondary N) is 3. The molecule has 2 aromatic carbocycles. The van der Waals surface area contributed by atoms with Crippen molar-refractivity contribution in [3.05, 3.63) is 48.5 Å². The van der Waals surface area contributed by atoms with Gasteiger partial charge in [-0.15, -0.1) is 5.10 Å². The summed E-state index contributed by atoms with van der Waals surface area (Å²) in [6.07, 6.45) is 4.63. The third-order valence-electron chi connectivity index (χ3n) is 9.16. The number of carbonyl (C=O) groups excluding carboxylic acids is 2. The van der Waals surface area contributed by atoms with Crippen LogP contribution in [-0.4, -0.2) is 105 Å². The Morgan fingerprint density at radius 1 is 0.809 bits per heavy atom. The highest BCUT2D eigenvalue weighted by Gasteiger charge is 2.28. The number of aromatic nitrogens is 5. The number of ether oxygens (including phenoxy) is 1. The Morgan fingerprint density at radius 2 is 1.43 bits per heavy atom. The molecular formula is C33H41N11O3. The first-order chi connectivity index (χ1) is 23.0. The van der Waals surface area contributed by atoms with Crippen LogP contribution in [0.2, 0.25) is 0 Å². The fourth-order valence-electron chi connectivity index (χ4n) is 6.56. The van der Waals surface area contributed by atoms with E-state index in [4.69, 9.17) is 14.7 Å². The van der Waals surface area contributed by atoms with Crippen LogP contribution in [0.1, 0.15) is 32.6 Å². The Bertz CT molecular complexity index is 1690. The van der Waals surface area contributed by atoms with Gasteiger partial charge in [0.25, 0.3) is 0 Å². The van der Waals surface area contributed by atoms with Gasteiger partial charge in [0.15, 0.2) is 22.8 Å². The summed E-state index contributed by atoms with van der Waals surface area (Å²) < 4.78 is 7.30. The normalized spacial score (nSPS) is 17.6. The Morgan fingerprint density at radius 3 is 2.06 bits per heavy atom. The SMILES string of the molecule is CCn1nnc2c(N3CCOCC3)nc(-c3ccc(NC(=O)Nc4ccc(NC(=O)N5CCC(N6CCCC6)CC5)cc4)cc3)nc21. The monoisotopic (exact) mass is 639 g/mol. The number of rotatable bonds is 7. The van der Waals surface area contributed by atoms with Crippen molar-refractivity contribution in [2.24, 2.45) is 0 Å². The van der Waals surface area contributed by atoms with Crippen LogP contribution in [0.4, 0.5) is 32.5 Å². The lowest BCUT2D eigenvalue weighted by Crippen LogP contribution is -2.47. The summed E-state index contributed by atoms with van der Waals surface area (Å²) in [5.41, 5.74) is 4.10. The number of nitrogens with zero attached hydrogens (tertiary/aromatic N) is 8. The molecule has 0 bridgehead atoms. The first kappa shape index (κ1) is 30.8. The van der Waals surface area contributed by atoms with Gasteiger partial charge in [-0.1, -0.05) is 5.21 Å². The number of benzene rings is 2. The average Bonchev–Trinajstić information content (AvgIpc) is 3.80. The van der Waals surface area contributed by atoms with Gasteiger partial charge in [-0.25, -0.2) is 24.2 Å². The molecule has 246 valence electrons. The number of fused-ring (bicyclic) bond motifs is 1. The molecule has 14 heteroatoms. The summed E-state index contributed by atoms with van der Waals surface area (Å²) in [5, 5.41) is 17.3. The number of aryl methyl sites for hydroxylation is 1. The van der Waals surface area contributed by atoms with Gasteiger partial charge >= 0.3 is 12.1 Å². The van der Waals surface area contributed by atoms with Gasteiger partial charge in [0.05, 0.1) is 13.2 Å². The minimum atomic E-state index is -0.374. The van der Waals surface area contributed by atoms with Crippen molar-refractivity contribution in [2.75, 3.05) is 73.3 Å². The van der Waals surface area contributed by atoms with Gasteiger partial charge in [0, 0.05) is 61.4 Å². The molecule has 0 unspecified atom stereocenters. The predicted octanol–water partition coefficient (Wildman–Crippen LogP) is 4.48. The van der Waals surface area contributed by atoms with E-state index in [1.807, 2.05) is 36.1 Å². The molecule has 3 N–H and O–H groups in total. The van der Waals surface area contributed by atoms with Crippen LogP contribution in [0.15, 0.2) is 48.5 Å². The van der Waals surface area contributed by atoms with Gasteiger partial charge in [-0.05, 0) is 94.2 Å². The van der Waals surface area contributed by atoms with Crippen molar-refractivity contribution in [3.8, 4) is 11.4 Å². The molecule has 3 saturated heterocycles. The molecule has 4 amide bonds. The number of carbonyl (C=O) groups is 2. The zero-order valence-corrected chi connectivity index (χ0v) is 26.7. The molecule has 4 aromatic rings. The Hall–Kier alpha value is -4.82. The number of hydrogen-bond donors (Lipinski definition) is 3. The Balaban J connectivity index is 0.938. The van der Waals surface area contributed by atoms with Gasteiger partial charge in [0.2, 0.25) is 0 Å². The van der Waals surface area contributed by atoms with Crippen molar-refractivity contribution in [3.63, 3.8) is 0 Å². The molecule has 0 saturated carbocycles. The van der Waals surface area contributed by atoms with Crippen molar-refractivity contribution in [1.29, 1.82) is 0 Å². The smallest absolute Gasteiger partial charge is 0.323 e. The third-order valence-corrected chi connectivity index (χ3v) is 9.16. The highest BCUT2D eigenvalue weighted by atomic mass is 16.5. The topological polar surface area (TPSA) is 146 Å². The second-order valence-electron chi connectivity index (χ2n) is 12.2. The minimum absolute atomic E-state index is 0.0814. The van der Waals surface area contributed by atoms with E-state index in [9.17, 15) is 9.59 Å². The maximum atomic E-state index is 12.8. The van der Waals surface area contributed by atoms with Crippen LogP contribution >= 0.6 is 0 Å². The molecule has 0 atom stereocenters. The molecule has 0 spiro atoms. The Kier molecular flexibility index (Phi) is 9.11. The molecule has 3 aliphatic rings. The zero-order valence-electron chi connectivity index (χ0n) is 26.7. The summed E-state index contributed by atoms with van der Waals surface area (Å²) in [4.78, 5) is 41.9. The van der Waals surface area contributed by atoms with Gasteiger partial charge < -0.3 is 35.4 Å². The molecular weight excluding hydrogens is 598 g/mol. The quantitative estimate of drug-likeness (QED) is 0.266. The highest BCUT2D eigenvalue weighted by molar-refractivity contribution is 6.00. The van der Waals surface area contributed by atoms with Crippen LogP contribution in [0, 0.1) is 0 Å². The van der Waals surface area contributed by atoms with E-state index in [2.05, 4.69) is 36.1 Å². The highest BCUT2D eigenvalue weighted by Crippen LogP contribution is 2.28. The number of amides is 4. The molecule has 5 heterocycles. The molecule has 3 fully saturated rings. The fourth-order valence-corrected chi connectivity index (χ4v) is 6.56. The van der Waals surface area contributed by atoms with Crippen molar-refractivity contribution < 1.29 is 14.3 Å². The minimum Gasteiger partial charge on any atom is -0.378 e.